The van der Waals surface area contributed by atoms with Crippen LogP contribution < -0.4 is 10.6 Å². The van der Waals surface area contributed by atoms with E-state index in [0.717, 1.165) is 22.2 Å². The molecule has 7 heteroatoms. The summed E-state index contributed by atoms with van der Waals surface area (Å²) < 4.78 is 0. The number of hydrogen-bond acceptors (Lipinski definition) is 5. The number of primary amides is 1. The zero-order valence-corrected chi connectivity index (χ0v) is 12.0. The van der Waals surface area contributed by atoms with Crippen molar-refractivity contribution < 1.29 is 14.4 Å². The van der Waals surface area contributed by atoms with E-state index in [-0.39, 0.29) is 17.7 Å². The number of carbonyl (C=O) groups excluding carboxylic acids is 3. The first-order valence-corrected chi connectivity index (χ1v) is 6.88. The van der Waals surface area contributed by atoms with Crippen LogP contribution in [-0.4, -0.2) is 40.9 Å². The Morgan fingerprint density at radius 3 is 2.65 bits per heavy atom. The summed E-state index contributed by atoms with van der Waals surface area (Å²) >= 11 is 0.888. The van der Waals surface area contributed by atoms with Gasteiger partial charge < -0.3 is 10.6 Å². The zero-order valence-electron chi connectivity index (χ0n) is 11.2. The fraction of sp³-hybridized carbons (Fsp3) is 0.308. The molecule has 1 aliphatic heterocycles. The number of likely N-dealkylation sites (N-methyl/N-ethyl adjacent to an activating group) is 1. The molecule has 2 N–H and O–H groups in total. The van der Waals surface area contributed by atoms with Crippen molar-refractivity contribution in [1.29, 1.82) is 0 Å². The molecule has 20 heavy (non-hydrogen) atoms. The summed E-state index contributed by atoms with van der Waals surface area (Å²) in [7, 11) is 1.43. The van der Waals surface area contributed by atoms with Crippen molar-refractivity contribution in [2.24, 2.45) is 5.73 Å². The summed E-state index contributed by atoms with van der Waals surface area (Å²) in [6.45, 7) is 1.79. The number of rotatable bonds is 4. The first-order chi connectivity index (χ1) is 9.40. The van der Waals surface area contributed by atoms with Gasteiger partial charge in [-0.05, 0) is 36.4 Å². The summed E-state index contributed by atoms with van der Waals surface area (Å²) in [5.41, 5.74) is 6.94. The molecule has 0 saturated carbocycles. The Balaban J connectivity index is 2.36. The molecule has 0 aromatic heterocycles. The highest BCUT2D eigenvalue weighted by atomic mass is 32.2. The van der Waals surface area contributed by atoms with Crippen LogP contribution in [0.3, 0.4) is 0 Å². The number of nitrogens with two attached hydrogens (primary N) is 1. The van der Waals surface area contributed by atoms with Crippen LogP contribution in [0, 0.1) is 6.92 Å². The van der Waals surface area contributed by atoms with Gasteiger partial charge in [0.1, 0.15) is 0 Å². The first-order valence-electron chi connectivity index (χ1n) is 6.00. The molecule has 0 unspecified atom stereocenters. The molecule has 1 heterocycles. The van der Waals surface area contributed by atoms with Crippen LogP contribution in [0.1, 0.15) is 5.56 Å². The lowest BCUT2D eigenvalue weighted by molar-refractivity contribution is -0.125. The lowest BCUT2D eigenvalue weighted by Gasteiger charge is -2.27. The largest absolute Gasteiger partial charge is 0.368 e. The lowest BCUT2D eigenvalue weighted by atomic mass is 10.2. The normalized spacial score (nSPS) is 18.5. The average molecular weight is 293 g/mol. The van der Waals surface area contributed by atoms with Gasteiger partial charge in [0.25, 0.3) is 11.1 Å². The molecule has 3 amide bonds. The molecular formula is C13H15N3O3S. The maximum absolute atomic E-state index is 12.1. The number of nitrogens with zero attached hydrogens (tertiary/aromatic N) is 2. The van der Waals surface area contributed by atoms with E-state index < -0.39 is 11.3 Å². The summed E-state index contributed by atoms with van der Waals surface area (Å²) in [6.07, 6.45) is 0. The molecule has 0 spiro atoms. The Hall–Kier alpha value is -2.02. The molecule has 1 aliphatic rings. The van der Waals surface area contributed by atoms with Gasteiger partial charge in [-0.1, -0.05) is 12.1 Å². The average Bonchev–Trinajstić information content (AvgIpc) is 2.63. The fourth-order valence-corrected chi connectivity index (χ4v) is 2.98. The Labute approximate surface area is 120 Å². The van der Waals surface area contributed by atoms with Crippen molar-refractivity contribution in [3.8, 4) is 0 Å². The molecule has 2 rings (SSSR count). The Bertz CT molecular complexity index is 576. The number of benzene rings is 1. The molecule has 106 valence electrons. The standard InChI is InChI=1S/C13H15N3O3S/c1-8-4-3-5-9(6-8)16(7-10(14)17)12-11(18)15(2)13(19)20-12/h3-6,12H,7H2,1-2H3,(H2,14,17)/t12-/m1/s1. The SMILES string of the molecule is Cc1cccc(N(CC(N)=O)[C@@H]2SC(=O)N(C)C2=O)c1. The van der Waals surface area contributed by atoms with Crippen LogP contribution in [0.15, 0.2) is 24.3 Å². The molecule has 1 fully saturated rings. The number of amides is 3. The third-order valence-corrected chi connectivity index (χ3v) is 4.13. The number of hydrogen-bond donors (Lipinski definition) is 1. The minimum absolute atomic E-state index is 0.117. The molecule has 1 aromatic carbocycles. The predicted octanol–water partition coefficient (Wildman–Crippen LogP) is 0.938. The van der Waals surface area contributed by atoms with Crippen LogP contribution in [0.25, 0.3) is 0 Å². The monoisotopic (exact) mass is 293 g/mol. The predicted molar refractivity (Wildman–Crippen MR) is 77.3 cm³/mol. The quantitative estimate of drug-likeness (QED) is 0.893. The number of imide groups is 1. The number of thioether (sulfide) groups is 1. The molecule has 1 aromatic rings. The second-order valence-electron chi connectivity index (χ2n) is 4.57. The molecule has 0 bridgehead atoms. The van der Waals surface area contributed by atoms with Crippen LogP contribution in [0.5, 0.6) is 0 Å². The van der Waals surface area contributed by atoms with Gasteiger partial charge in [0.05, 0.1) is 6.54 Å². The van der Waals surface area contributed by atoms with Crippen LogP contribution in [0.2, 0.25) is 0 Å². The van der Waals surface area contributed by atoms with Crippen molar-refractivity contribution >= 4 is 34.5 Å². The summed E-state index contributed by atoms with van der Waals surface area (Å²) in [5, 5.41) is -1.08. The van der Waals surface area contributed by atoms with E-state index in [0.29, 0.717) is 5.69 Å². The summed E-state index contributed by atoms with van der Waals surface area (Å²) in [5.74, 6) is -0.898. The number of aryl methyl sites for hydroxylation is 1. The van der Waals surface area contributed by atoms with Gasteiger partial charge in [0, 0.05) is 12.7 Å². The molecule has 0 aliphatic carbocycles. The highest BCUT2D eigenvalue weighted by Gasteiger charge is 2.41. The van der Waals surface area contributed by atoms with E-state index >= 15 is 0 Å². The van der Waals surface area contributed by atoms with E-state index in [9.17, 15) is 14.4 Å². The highest BCUT2D eigenvalue weighted by Crippen LogP contribution is 2.32. The van der Waals surface area contributed by atoms with E-state index in [4.69, 9.17) is 5.73 Å². The minimum atomic E-state index is -0.748. The summed E-state index contributed by atoms with van der Waals surface area (Å²) in [6, 6.07) is 7.37. The van der Waals surface area contributed by atoms with Gasteiger partial charge in [0.2, 0.25) is 5.91 Å². The number of anilines is 1. The van der Waals surface area contributed by atoms with Crippen molar-refractivity contribution in [2.75, 3.05) is 18.5 Å². The molecular weight excluding hydrogens is 278 g/mol. The minimum Gasteiger partial charge on any atom is -0.368 e. The van der Waals surface area contributed by atoms with Gasteiger partial charge in [0.15, 0.2) is 5.37 Å². The molecule has 0 radical (unpaired) electrons. The maximum atomic E-state index is 12.1. The van der Waals surface area contributed by atoms with E-state index in [1.165, 1.54) is 7.05 Å². The van der Waals surface area contributed by atoms with Gasteiger partial charge >= 0.3 is 0 Å². The van der Waals surface area contributed by atoms with Gasteiger partial charge in [-0.3, -0.25) is 19.3 Å². The molecule has 1 saturated heterocycles. The fourth-order valence-electron chi connectivity index (χ4n) is 1.96. The van der Waals surface area contributed by atoms with Gasteiger partial charge in [-0.2, -0.15) is 0 Å². The maximum Gasteiger partial charge on any atom is 0.290 e. The van der Waals surface area contributed by atoms with Crippen molar-refractivity contribution in [1.82, 2.24) is 4.90 Å². The van der Waals surface area contributed by atoms with Gasteiger partial charge in [-0.15, -0.1) is 0 Å². The third kappa shape index (κ3) is 2.77. The molecule has 6 nitrogen and oxygen atoms in total. The first kappa shape index (κ1) is 14.4. The highest BCUT2D eigenvalue weighted by molar-refractivity contribution is 8.15. The third-order valence-electron chi connectivity index (χ3n) is 2.97. The Morgan fingerprint density at radius 1 is 1.45 bits per heavy atom. The van der Waals surface area contributed by atoms with Crippen LogP contribution >= 0.6 is 11.8 Å². The van der Waals surface area contributed by atoms with Crippen molar-refractivity contribution in [3.63, 3.8) is 0 Å². The topological polar surface area (TPSA) is 83.7 Å². The van der Waals surface area contributed by atoms with E-state index in [1.807, 2.05) is 25.1 Å². The van der Waals surface area contributed by atoms with Crippen molar-refractivity contribution in [3.05, 3.63) is 29.8 Å². The van der Waals surface area contributed by atoms with Crippen LogP contribution in [0.4, 0.5) is 10.5 Å². The summed E-state index contributed by atoms with van der Waals surface area (Å²) in [4.78, 5) is 37.6. The Morgan fingerprint density at radius 2 is 2.15 bits per heavy atom. The van der Waals surface area contributed by atoms with Gasteiger partial charge in [-0.25, -0.2) is 0 Å². The number of carbonyl (C=O) groups is 3. The lowest BCUT2D eigenvalue weighted by Crippen LogP contribution is -2.44. The second kappa shape index (κ2) is 5.54. The Kier molecular flexibility index (Phi) is 3.99. The molecule has 1 atom stereocenters. The zero-order chi connectivity index (χ0) is 14.9. The van der Waals surface area contributed by atoms with Crippen molar-refractivity contribution in [2.45, 2.75) is 12.3 Å². The van der Waals surface area contributed by atoms with Crippen LogP contribution in [-0.2, 0) is 9.59 Å². The van der Waals surface area contributed by atoms with E-state index in [1.54, 1.807) is 11.0 Å². The smallest absolute Gasteiger partial charge is 0.290 e. The second-order valence-corrected chi connectivity index (χ2v) is 5.60. The van der Waals surface area contributed by atoms with E-state index in [2.05, 4.69) is 0 Å².